The molecule has 18 heavy (non-hydrogen) atoms. The highest BCUT2D eigenvalue weighted by Crippen LogP contribution is 2.32. The topological polar surface area (TPSA) is 36.4 Å². The van der Waals surface area contributed by atoms with E-state index in [9.17, 15) is 4.79 Å². The lowest BCUT2D eigenvalue weighted by Gasteiger charge is -2.18. The first-order chi connectivity index (χ1) is 8.54. The lowest BCUT2D eigenvalue weighted by Crippen LogP contribution is -2.32. The molecule has 5 heteroatoms. The van der Waals surface area contributed by atoms with Crippen molar-refractivity contribution in [3.05, 3.63) is 15.6 Å². The third kappa shape index (κ3) is 1.95. The summed E-state index contributed by atoms with van der Waals surface area (Å²) in [6, 6.07) is 0. The van der Waals surface area contributed by atoms with E-state index in [1.807, 2.05) is 18.7 Å². The van der Waals surface area contributed by atoms with Crippen molar-refractivity contribution in [3.8, 4) is 0 Å². The van der Waals surface area contributed by atoms with Crippen LogP contribution in [0, 0.1) is 25.7 Å². The molecular formula is C13H19N3OS. The predicted molar refractivity (Wildman–Crippen MR) is 72.0 cm³/mol. The van der Waals surface area contributed by atoms with Crippen LogP contribution in [0.25, 0.3) is 0 Å². The Morgan fingerprint density at radius 1 is 1.22 bits per heavy atom. The largest absolute Gasteiger partial charge is 0.337 e. The summed E-state index contributed by atoms with van der Waals surface area (Å²) in [4.78, 5) is 22.1. The van der Waals surface area contributed by atoms with E-state index in [0.29, 0.717) is 11.8 Å². The van der Waals surface area contributed by atoms with Crippen molar-refractivity contribution < 1.29 is 4.79 Å². The van der Waals surface area contributed by atoms with Crippen LogP contribution in [0.2, 0.25) is 0 Å². The first-order valence-electron chi connectivity index (χ1n) is 6.46. The van der Waals surface area contributed by atoms with Crippen molar-refractivity contribution in [1.29, 1.82) is 0 Å². The van der Waals surface area contributed by atoms with Gasteiger partial charge in [-0.05, 0) is 32.7 Å². The highest BCUT2D eigenvalue weighted by Gasteiger charge is 2.41. The van der Waals surface area contributed by atoms with E-state index in [2.05, 4.69) is 16.9 Å². The van der Waals surface area contributed by atoms with Crippen LogP contribution in [0.1, 0.15) is 20.4 Å². The molecule has 0 aliphatic carbocycles. The Bertz CT molecular complexity index is 471. The average Bonchev–Trinajstić information content (AvgIpc) is 2.90. The molecule has 2 fully saturated rings. The van der Waals surface area contributed by atoms with Crippen LogP contribution in [0.4, 0.5) is 0 Å². The minimum atomic E-state index is 0.190. The van der Waals surface area contributed by atoms with Gasteiger partial charge in [-0.3, -0.25) is 4.79 Å². The van der Waals surface area contributed by atoms with Gasteiger partial charge < -0.3 is 9.80 Å². The van der Waals surface area contributed by atoms with Gasteiger partial charge in [-0.25, -0.2) is 4.98 Å². The lowest BCUT2D eigenvalue weighted by atomic mass is 10.0. The Morgan fingerprint density at radius 2 is 1.83 bits per heavy atom. The van der Waals surface area contributed by atoms with Crippen LogP contribution in [-0.4, -0.2) is 53.9 Å². The van der Waals surface area contributed by atoms with Gasteiger partial charge in [0, 0.05) is 26.2 Å². The SMILES string of the molecule is Cc1nc(C)c(C(=O)N2CC3CN(C)CC3C2)s1. The minimum Gasteiger partial charge on any atom is -0.337 e. The molecule has 1 amide bonds. The minimum absolute atomic E-state index is 0.190. The Labute approximate surface area is 112 Å². The molecule has 2 aliphatic rings. The molecule has 3 rings (SSSR count). The van der Waals surface area contributed by atoms with Crippen LogP contribution < -0.4 is 0 Å². The quantitative estimate of drug-likeness (QED) is 0.770. The molecule has 2 aliphatic heterocycles. The number of thiazole rings is 1. The smallest absolute Gasteiger partial charge is 0.265 e. The summed E-state index contributed by atoms with van der Waals surface area (Å²) in [7, 11) is 2.17. The highest BCUT2D eigenvalue weighted by atomic mass is 32.1. The van der Waals surface area contributed by atoms with Crippen molar-refractivity contribution in [2.45, 2.75) is 13.8 Å². The summed E-state index contributed by atoms with van der Waals surface area (Å²) >= 11 is 1.53. The van der Waals surface area contributed by atoms with E-state index in [4.69, 9.17) is 0 Å². The fourth-order valence-corrected chi connectivity index (χ4v) is 4.15. The molecule has 0 radical (unpaired) electrons. The molecule has 1 aromatic rings. The number of aromatic nitrogens is 1. The fraction of sp³-hybridized carbons (Fsp3) is 0.692. The number of aryl methyl sites for hydroxylation is 2. The van der Waals surface area contributed by atoms with Crippen LogP contribution >= 0.6 is 11.3 Å². The summed E-state index contributed by atoms with van der Waals surface area (Å²) in [6.45, 7) is 8.00. The highest BCUT2D eigenvalue weighted by molar-refractivity contribution is 7.13. The zero-order valence-electron chi connectivity index (χ0n) is 11.1. The molecule has 4 nitrogen and oxygen atoms in total. The first-order valence-corrected chi connectivity index (χ1v) is 7.28. The number of nitrogens with zero attached hydrogens (tertiary/aromatic N) is 3. The summed E-state index contributed by atoms with van der Waals surface area (Å²) in [5.41, 5.74) is 0.886. The summed E-state index contributed by atoms with van der Waals surface area (Å²) in [5, 5.41) is 0.981. The van der Waals surface area contributed by atoms with Crippen molar-refractivity contribution in [1.82, 2.24) is 14.8 Å². The second kappa shape index (κ2) is 4.31. The van der Waals surface area contributed by atoms with Gasteiger partial charge >= 0.3 is 0 Å². The molecule has 98 valence electrons. The summed E-state index contributed by atoms with van der Waals surface area (Å²) in [6.07, 6.45) is 0. The summed E-state index contributed by atoms with van der Waals surface area (Å²) in [5.74, 6) is 1.54. The molecule has 0 aromatic carbocycles. The van der Waals surface area contributed by atoms with E-state index in [-0.39, 0.29) is 5.91 Å². The molecule has 2 saturated heterocycles. The van der Waals surface area contributed by atoms with Gasteiger partial charge in [0.1, 0.15) is 4.88 Å². The van der Waals surface area contributed by atoms with Crippen LogP contribution in [0.5, 0.6) is 0 Å². The van der Waals surface area contributed by atoms with Gasteiger partial charge in [0.15, 0.2) is 0 Å². The number of fused-ring (bicyclic) bond motifs is 1. The molecule has 0 spiro atoms. The van der Waals surface area contributed by atoms with E-state index in [0.717, 1.165) is 41.8 Å². The van der Waals surface area contributed by atoms with E-state index in [1.54, 1.807) is 0 Å². The standard InChI is InChI=1S/C13H19N3OS/c1-8-12(18-9(2)14-8)13(17)16-6-10-4-15(3)5-11(10)7-16/h10-11H,4-7H2,1-3H3. The van der Waals surface area contributed by atoms with Gasteiger partial charge in [-0.15, -0.1) is 11.3 Å². The zero-order valence-corrected chi connectivity index (χ0v) is 12.0. The maximum Gasteiger partial charge on any atom is 0.265 e. The first kappa shape index (κ1) is 12.1. The Kier molecular flexibility index (Phi) is 2.90. The Hall–Kier alpha value is -0.940. The van der Waals surface area contributed by atoms with Crippen molar-refractivity contribution >= 4 is 17.2 Å². The average molecular weight is 265 g/mol. The molecule has 2 atom stereocenters. The number of carbonyl (C=O) groups is 1. The Morgan fingerprint density at radius 3 is 2.33 bits per heavy atom. The van der Waals surface area contributed by atoms with Crippen LogP contribution in [0.3, 0.4) is 0 Å². The molecule has 0 bridgehead atoms. The van der Waals surface area contributed by atoms with Crippen molar-refractivity contribution in [3.63, 3.8) is 0 Å². The third-order valence-corrected chi connectivity index (χ3v) is 5.11. The zero-order chi connectivity index (χ0) is 12.9. The second-order valence-electron chi connectivity index (χ2n) is 5.60. The second-order valence-corrected chi connectivity index (χ2v) is 6.80. The summed E-state index contributed by atoms with van der Waals surface area (Å²) < 4.78 is 0. The van der Waals surface area contributed by atoms with E-state index >= 15 is 0 Å². The van der Waals surface area contributed by atoms with Gasteiger partial charge in [-0.2, -0.15) is 0 Å². The van der Waals surface area contributed by atoms with Gasteiger partial charge in [0.05, 0.1) is 10.7 Å². The number of amides is 1. The lowest BCUT2D eigenvalue weighted by molar-refractivity contribution is 0.0780. The predicted octanol–water partition coefficient (Wildman–Crippen LogP) is 1.39. The van der Waals surface area contributed by atoms with Gasteiger partial charge in [-0.1, -0.05) is 0 Å². The number of likely N-dealkylation sites (tertiary alicyclic amines) is 2. The molecule has 3 heterocycles. The molecule has 0 saturated carbocycles. The normalized spacial score (nSPS) is 27.8. The molecule has 1 aromatic heterocycles. The van der Waals surface area contributed by atoms with Crippen molar-refractivity contribution in [2.75, 3.05) is 33.2 Å². The number of hydrogen-bond acceptors (Lipinski definition) is 4. The van der Waals surface area contributed by atoms with Crippen LogP contribution in [-0.2, 0) is 0 Å². The van der Waals surface area contributed by atoms with Gasteiger partial charge in [0.25, 0.3) is 5.91 Å². The Balaban J connectivity index is 1.74. The fourth-order valence-electron chi connectivity index (χ4n) is 3.27. The van der Waals surface area contributed by atoms with Gasteiger partial charge in [0.2, 0.25) is 0 Å². The molecular weight excluding hydrogens is 246 g/mol. The maximum absolute atomic E-state index is 12.5. The molecule has 2 unspecified atom stereocenters. The number of hydrogen-bond donors (Lipinski definition) is 0. The number of carbonyl (C=O) groups excluding carboxylic acids is 1. The number of rotatable bonds is 1. The van der Waals surface area contributed by atoms with Crippen molar-refractivity contribution in [2.24, 2.45) is 11.8 Å². The third-order valence-electron chi connectivity index (χ3n) is 4.05. The monoisotopic (exact) mass is 265 g/mol. The van der Waals surface area contributed by atoms with E-state index in [1.165, 1.54) is 11.3 Å². The van der Waals surface area contributed by atoms with E-state index < -0.39 is 0 Å². The molecule has 0 N–H and O–H groups in total. The maximum atomic E-state index is 12.5. The van der Waals surface area contributed by atoms with Crippen LogP contribution in [0.15, 0.2) is 0 Å².